The molecule has 1 aromatic carbocycles. The van der Waals surface area contributed by atoms with Gasteiger partial charge in [0.15, 0.2) is 0 Å². The SMILES string of the molecule is CN(CCC(=O)Nc1ccccc1C#N)Cc1cscn1. The third kappa shape index (κ3) is 4.67. The molecule has 0 saturated heterocycles. The van der Waals surface area contributed by atoms with Gasteiger partial charge in [-0.3, -0.25) is 4.79 Å². The summed E-state index contributed by atoms with van der Waals surface area (Å²) in [5.74, 6) is -0.0946. The molecule has 21 heavy (non-hydrogen) atoms. The first-order valence-electron chi connectivity index (χ1n) is 6.53. The van der Waals surface area contributed by atoms with Gasteiger partial charge in [-0.2, -0.15) is 5.26 Å². The van der Waals surface area contributed by atoms with Crippen LogP contribution >= 0.6 is 11.3 Å². The number of carbonyl (C=O) groups excluding carboxylic acids is 1. The van der Waals surface area contributed by atoms with E-state index in [9.17, 15) is 4.79 Å². The van der Waals surface area contributed by atoms with Crippen LogP contribution in [0.3, 0.4) is 0 Å². The monoisotopic (exact) mass is 300 g/mol. The number of nitriles is 1. The van der Waals surface area contributed by atoms with Crippen LogP contribution in [-0.2, 0) is 11.3 Å². The largest absolute Gasteiger partial charge is 0.325 e. The molecule has 0 bridgehead atoms. The highest BCUT2D eigenvalue weighted by Gasteiger charge is 2.08. The average molecular weight is 300 g/mol. The van der Waals surface area contributed by atoms with Crippen molar-refractivity contribution in [1.29, 1.82) is 5.26 Å². The van der Waals surface area contributed by atoms with Gasteiger partial charge < -0.3 is 10.2 Å². The fourth-order valence-corrected chi connectivity index (χ4v) is 2.42. The zero-order valence-electron chi connectivity index (χ0n) is 11.7. The Kier molecular flexibility index (Phi) is 5.43. The van der Waals surface area contributed by atoms with Gasteiger partial charge in [0.2, 0.25) is 5.91 Å². The highest BCUT2D eigenvalue weighted by atomic mass is 32.1. The molecule has 5 nitrogen and oxygen atoms in total. The fourth-order valence-electron chi connectivity index (χ4n) is 1.87. The van der Waals surface area contributed by atoms with Crippen LogP contribution in [0.4, 0.5) is 5.69 Å². The van der Waals surface area contributed by atoms with Crippen LogP contribution in [0.2, 0.25) is 0 Å². The molecular formula is C15H16N4OS. The van der Waals surface area contributed by atoms with Crippen molar-refractivity contribution in [1.82, 2.24) is 9.88 Å². The summed E-state index contributed by atoms with van der Waals surface area (Å²) in [5, 5.41) is 13.8. The van der Waals surface area contributed by atoms with Crippen molar-refractivity contribution in [3.63, 3.8) is 0 Å². The first kappa shape index (κ1) is 15.2. The van der Waals surface area contributed by atoms with Crippen molar-refractivity contribution in [2.45, 2.75) is 13.0 Å². The summed E-state index contributed by atoms with van der Waals surface area (Å²) in [4.78, 5) is 18.2. The van der Waals surface area contributed by atoms with Gasteiger partial charge in [-0.05, 0) is 19.2 Å². The lowest BCUT2D eigenvalue weighted by Crippen LogP contribution is -2.24. The summed E-state index contributed by atoms with van der Waals surface area (Å²) in [7, 11) is 1.95. The Morgan fingerprint density at radius 2 is 2.29 bits per heavy atom. The number of hydrogen-bond acceptors (Lipinski definition) is 5. The topological polar surface area (TPSA) is 69.0 Å². The summed E-state index contributed by atoms with van der Waals surface area (Å²) in [5.41, 5.74) is 3.85. The molecule has 0 aliphatic heterocycles. The molecule has 0 fully saturated rings. The van der Waals surface area contributed by atoms with Crippen LogP contribution in [0, 0.1) is 11.3 Å². The molecule has 1 N–H and O–H groups in total. The second-order valence-corrected chi connectivity index (χ2v) is 5.39. The lowest BCUT2D eigenvalue weighted by Gasteiger charge is -2.15. The molecule has 108 valence electrons. The van der Waals surface area contributed by atoms with Crippen LogP contribution in [0.15, 0.2) is 35.2 Å². The van der Waals surface area contributed by atoms with E-state index in [2.05, 4.69) is 16.4 Å². The predicted octanol–water partition coefficient (Wildman–Crippen LogP) is 2.48. The molecule has 2 rings (SSSR count). The average Bonchev–Trinajstić information content (AvgIpc) is 2.98. The van der Waals surface area contributed by atoms with Gasteiger partial charge in [-0.1, -0.05) is 12.1 Å². The molecule has 2 aromatic rings. The summed E-state index contributed by atoms with van der Waals surface area (Å²) >= 11 is 1.56. The Morgan fingerprint density at radius 3 is 3.00 bits per heavy atom. The van der Waals surface area contributed by atoms with Crippen LogP contribution in [0.1, 0.15) is 17.7 Å². The Bertz CT molecular complexity index is 633. The zero-order valence-corrected chi connectivity index (χ0v) is 12.6. The molecule has 0 unspecified atom stereocenters. The van der Waals surface area contributed by atoms with Gasteiger partial charge in [-0.15, -0.1) is 11.3 Å². The minimum atomic E-state index is -0.0946. The molecule has 0 radical (unpaired) electrons. The quantitative estimate of drug-likeness (QED) is 0.890. The number of rotatable bonds is 6. The van der Waals surface area contributed by atoms with Crippen molar-refractivity contribution >= 4 is 22.9 Å². The maximum atomic E-state index is 11.9. The smallest absolute Gasteiger partial charge is 0.225 e. The van der Waals surface area contributed by atoms with Gasteiger partial charge in [0.05, 0.1) is 22.5 Å². The van der Waals surface area contributed by atoms with E-state index >= 15 is 0 Å². The number of aromatic nitrogens is 1. The van der Waals surface area contributed by atoms with Crippen molar-refractivity contribution in [2.75, 3.05) is 18.9 Å². The number of nitrogens with one attached hydrogen (secondary N) is 1. The Morgan fingerprint density at radius 1 is 1.48 bits per heavy atom. The molecular weight excluding hydrogens is 284 g/mol. The molecule has 1 aromatic heterocycles. The van der Waals surface area contributed by atoms with Crippen LogP contribution in [0.25, 0.3) is 0 Å². The Balaban J connectivity index is 1.81. The van der Waals surface area contributed by atoms with Gasteiger partial charge >= 0.3 is 0 Å². The maximum Gasteiger partial charge on any atom is 0.225 e. The second-order valence-electron chi connectivity index (χ2n) is 4.67. The molecule has 0 spiro atoms. The fraction of sp³-hybridized carbons (Fsp3) is 0.267. The summed E-state index contributed by atoms with van der Waals surface area (Å²) in [6.45, 7) is 1.36. The number of amides is 1. The molecule has 1 amide bonds. The first-order chi connectivity index (χ1) is 10.2. The minimum absolute atomic E-state index is 0.0946. The number of nitrogens with zero attached hydrogens (tertiary/aromatic N) is 3. The van der Waals surface area contributed by atoms with E-state index in [1.54, 1.807) is 41.1 Å². The van der Waals surface area contributed by atoms with E-state index in [0.29, 0.717) is 24.2 Å². The predicted molar refractivity (Wildman–Crippen MR) is 82.9 cm³/mol. The maximum absolute atomic E-state index is 11.9. The summed E-state index contributed by atoms with van der Waals surface area (Å²) < 4.78 is 0. The molecule has 0 aliphatic rings. The third-order valence-corrected chi connectivity index (χ3v) is 3.59. The Labute approximate surface area is 127 Å². The van der Waals surface area contributed by atoms with E-state index in [0.717, 1.165) is 12.2 Å². The van der Waals surface area contributed by atoms with Gasteiger partial charge in [0.25, 0.3) is 0 Å². The number of thiazole rings is 1. The number of para-hydroxylation sites is 1. The normalized spacial score (nSPS) is 10.3. The van der Waals surface area contributed by atoms with Crippen LogP contribution < -0.4 is 5.32 Å². The molecule has 0 atom stereocenters. The molecule has 0 saturated carbocycles. The number of hydrogen-bond donors (Lipinski definition) is 1. The van der Waals surface area contributed by atoms with Crippen LogP contribution in [-0.4, -0.2) is 29.4 Å². The van der Waals surface area contributed by atoms with Gasteiger partial charge in [-0.25, -0.2) is 4.98 Å². The third-order valence-electron chi connectivity index (χ3n) is 2.96. The molecule has 0 aliphatic carbocycles. The lowest BCUT2D eigenvalue weighted by atomic mass is 10.2. The van der Waals surface area contributed by atoms with E-state index in [4.69, 9.17) is 5.26 Å². The van der Waals surface area contributed by atoms with Crippen molar-refractivity contribution in [3.05, 3.63) is 46.4 Å². The molecule has 6 heteroatoms. The summed E-state index contributed by atoms with van der Waals surface area (Å²) in [6.07, 6.45) is 0.375. The highest BCUT2D eigenvalue weighted by Crippen LogP contribution is 2.13. The number of anilines is 1. The van der Waals surface area contributed by atoms with Gasteiger partial charge in [0, 0.05) is 24.9 Å². The first-order valence-corrected chi connectivity index (χ1v) is 7.48. The number of benzene rings is 1. The summed E-state index contributed by atoms with van der Waals surface area (Å²) in [6, 6.07) is 9.05. The van der Waals surface area contributed by atoms with Crippen molar-refractivity contribution in [2.24, 2.45) is 0 Å². The zero-order chi connectivity index (χ0) is 15.1. The molecule has 1 heterocycles. The lowest BCUT2D eigenvalue weighted by molar-refractivity contribution is -0.116. The highest BCUT2D eigenvalue weighted by molar-refractivity contribution is 7.07. The second kappa shape index (κ2) is 7.53. The van der Waals surface area contributed by atoms with E-state index in [-0.39, 0.29) is 5.91 Å². The van der Waals surface area contributed by atoms with Crippen molar-refractivity contribution in [3.8, 4) is 6.07 Å². The Hall–Kier alpha value is -2.23. The minimum Gasteiger partial charge on any atom is -0.325 e. The standard InChI is InChI=1S/C15H16N4OS/c1-19(9-13-10-21-11-17-13)7-6-15(20)18-14-5-3-2-4-12(14)8-16/h2-5,10-11H,6-7,9H2,1H3,(H,18,20). The number of carbonyl (C=O) groups is 1. The van der Waals surface area contributed by atoms with E-state index in [1.807, 2.05) is 17.3 Å². The van der Waals surface area contributed by atoms with E-state index < -0.39 is 0 Å². The van der Waals surface area contributed by atoms with Gasteiger partial charge in [0.1, 0.15) is 6.07 Å². The van der Waals surface area contributed by atoms with E-state index in [1.165, 1.54) is 0 Å². The van der Waals surface area contributed by atoms with Crippen molar-refractivity contribution < 1.29 is 4.79 Å². The van der Waals surface area contributed by atoms with Crippen LogP contribution in [0.5, 0.6) is 0 Å².